The number of alkyl halides is 3. The summed E-state index contributed by atoms with van der Waals surface area (Å²) in [5.41, 5.74) is -2.33. The molecule has 1 aliphatic carbocycles. The third-order valence-corrected chi connectivity index (χ3v) is 5.32. The van der Waals surface area contributed by atoms with Gasteiger partial charge in [0.2, 0.25) is 5.91 Å². The molecule has 31 heavy (non-hydrogen) atoms. The number of carbonyl (C=O) groups excluding carboxylic acids is 2. The third-order valence-electron chi connectivity index (χ3n) is 5.32. The van der Waals surface area contributed by atoms with Gasteiger partial charge in [-0.15, -0.1) is 0 Å². The summed E-state index contributed by atoms with van der Waals surface area (Å²) in [6.07, 6.45) is -2.12. The molecule has 0 radical (unpaired) electrons. The molecular formula is C20H21F4N5O2. The van der Waals surface area contributed by atoms with Gasteiger partial charge in [0.25, 0.3) is 5.91 Å². The van der Waals surface area contributed by atoms with Crippen molar-refractivity contribution < 1.29 is 27.2 Å². The molecule has 166 valence electrons. The van der Waals surface area contributed by atoms with Crippen molar-refractivity contribution in [3.63, 3.8) is 0 Å². The molecule has 2 fully saturated rings. The molecule has 2 aromatic rings. The molecule has 0 spiro atoms. The highest BCUT2D eigenvalue weighted by molar-refractivity contribution is 5.95. The van der Waals surface area contributed by atoms with E-state index >= 15 is 0 Å². The summed E-state index contributed by atoms with van der Waals surface area (Å²) in [4.78, 5) is 27.9. The van der Waals surface area contributed by atoms with Crippen molar-refractivity contribution in [1.29, 1.82) is 0 Å². The van der Waals surface area contributed by atoms with Crippen LogP contribution in [0.3, 0.4) is 0 Å². The largest absolute Gasteiger partial charge is 0.434 e. The van der Waals surface area contributed by atoms with Gasteiger partial charge in [0.15, 0.2) is 5.69 Å². The first-order chi connectivity index (χ1) is 14.7. The van der Waals surface area contributed by atoms with E-state index in [0.29, 0.717) is 17.8 Å². The van der Waals surface area contributed by atoms with Gasteiger partial charge in [-0.05, 0) is 25.0 Å². The van der Waals surface area contributed by atoms with Gasteiger partial charge in [0.05, 0.1) is 18.3 Å². The summed E-state index contributed by atoms with van der Waals surface area (Å²) in [6, 6.07) is 5.18. The first-order valence-corrected chi connectivity index (χ1v) is 9.95. The second kappa shape index (κ2) is 8.29. The van der Waals surface area contributed by atoms with E-state index < -0.39 is 29.2 Å². The van der Waals surface area contributed by atoms with E-state index in [9.17, 15) is 27.2 Å². The molecule has 2 heterocycles. The van der Waals surface area contributed by atoms with Crippen LogP contribution in [0.4, 0.5) is 17.6 Å². The highest BCUT2D eigenvalue weighted by Gasteiger charge is 2.42. The van der Waals surface area contributed by atoms with Crippen LogP contribution < -0.4 is 5.32 Å². The number of para-hydroxylation sites is 1. The molecule has 11 heteroatoms. The fraction of sp³-hybridized carbons (Fsp3) is 0.450. The fourth-order valence-electron chi connectivity index (χ4n) is 3.57. The summed E-state index contributed by atoms with van der Waals surface area (Å²) in [5.74, 6) is -1.79. The van der Waals surface area contributed by atoms with Crippen LogP contribution in [-0.4, -0.2) is 70.2 Å². The number of nitrogens with zero attached hydrogens (tertiary/aromatic N) is 4. The van der Waals surface area contributed by atoms with Gasteiger partial charge in [-0.2, -0.15) is 18.3 Å². The number of amides is 2. The van der Waals surface area contributed by atoms with E-state index in [1.54, 1.807) is 0 Å². The number of rotatable bonds is 5. The SMILES string of the molecule is O=C(CN1CCN(C(=O)c2cnn(-c3ccccc3F)c2C(F)(F)F)CC1)NC1CC1. The number of carbonyl (C=O) groups is 2. The monoisotopic (exact) mass is 439 g/mol. The number of aromatic nitrogens is 2. The second-order valence-electron chi connectivity index (χ2n) is 7.68. The van der Waals surface area contributed by atoms with E-state index in [1.807, 2.05) is 4.90 Å². The lowest BCUT2D eigenvalue weighted by Crippen LogP contribution is -2.51. The topological polar surface area (TPSA) is 70.5 Å². The molecule has 0 atom stereocenters. The first-order valence-electron chi connectivity index (χ1n) is 9.95. The smallest absolute Gasteiger partial charge is 0.352 e. The van der Waals surface area contributed by atoms with E-state index in [0.717, 1.165) is 31.2 Å². The zero-order valence-corrected chi connectivity index (χ0v) is 16.5. The second-order valence-corrected chi connectivity index (χ2v) is 7.68. The van der Waals surface area contributed by atoms with Crippen molar-refractivity contribution in [2.45, 2.75) is 25.1 Å². The van der Waals surface area contributed by atoms with E-state index in [4.69, 9.17) is 0 Å². The molecule has 1 aromatic carbocycles. The minimum atomic E-state index is -4.91. The predicted molar refractivity (Wildman–Crippen MR) is 102 cm³/mol. The molecule has 1 saturated carbocycles. The molecule has 1 aromatic heterocycles. The first kappa shape index (κ1) is 21.3. The average molecular weight is 439 g/mol. The van der Waals surface area contributed by atoms with E-state index in [-0.39, 0.29) is 37.3 Å². The van der Waals surface area contributed by atoms with Crippen LogP contribution in [0.25, 0.3) is 5.69 Å². The predicted octanol–water partition coefficient (Wildman–Crippen LogP) is 2.07. The van der Waals surface area contributed by atoms with Crippen LogP contribution in [0.5, 0.6) is 0 Å². The molecular weight excluding hydrogens is 418 g/mol. The molecule has 1 saturated heterocycles. The third kappa shape index (κ3) is 4.71. The molecule has 1 N–H and O–H groups in total. The maximum Gasteiger partial charge on any atom is 0.434 e. The zero-order chi connectivity index (χ0) is 22.2. The number of halogens is 4. The number of piperazine rings is 1. The standard InChI is InChI=1S/C20H21F4N5O2/c21-15-3-1-2-4-16(15)29-18(20(22,23)24)14(11-25-29)19(31)28-9-7-27(8-10-28)12-17(30)26-13-5-6-13/h1-4,11,13H,5-10,12H2,(H,26,30). The van der Waals surface area contributed by atoms with Crippen LogP contribution in [-0.2, 0) is 11.0 Å². The Morgan fingerprint density at radius 3 is 2.39 bits per heavy atom. The molecule has 7 nitrogen and oxygen atoms in total. The molecule has 2 amide bonds. The Morgan fingerprint density at radius 2 is 1.77 bits per heavy atom. The maximum absolute atomic E-state index is 14.1. The lowest BCUT2D eigenvalue weighted by Gasteiger charge is -2.34. The summed E-state index contributed by atoms with van der Waals surface area (Å²) in [7, 11) is 0. The number of benzene rings is 1. The van der Waals surface area contributed by atoms with E-state index in [1.165, 1.54) is 17.0 Å². The van der Waals surface area contributed by atoms with E-state index in [2.05, 4.69) is 10.4 Å². The minimum Gasteiger partial charge on any atom is -0.352 e. The van der Waals surface area contributed by atoms with Crippen molar-refractivity contribution in [1.82, 2.24) is 24.9 Å². The van der Waals surface area contributed by atoms with Gasteiger partial charge < -0.3 is 10.2 Å². The number of nitrogens with one attached hydrogen (secondary N) is 1. The Labute approximate surface area is 175 Å². The van der Waals surface area contributed by atoms with Crippen molar-refractivity contribution in [3.05, 3.63) is 47.5 Å². The Bertz CT molecular complexity index is 978. The molecule has 1 aliphatic heterocycles. The van der Waals surface area contributed by atoms with Gasteiger partial charge >= 0.3 is 6.18 Å². The Morgan fingerprint density at radius 1 is 1.10 bits per heavy atom. The summed E-state index contributed by atoms with van der Waals surface area (Å²) in [6.45, 7) is 1.28. The lowest BCUT2D eigenvalue weighted by atomic mass is 10.1. The molecule has 0 unspecified atom stereocenters. The average Bonchev–Trinajstić information content (AvgIpc) is 3.41. The Hall–Kier alpha value is -2.95. The van der Waals surface area contributed by atoms with Crippen LogP contribution in [0, 0.1) is 5.82 Å². The van der Waals surface area contributed by atoms with Crippen LogP contribution in [0.2, 0.25) is 0 Å². The van der Waals surface area contributed by atoms with Crippen LogP contribution in [0.1, 0.15) is 28.9 Å². The van der Waals surface area contributed by atoms with Gasteiger partial charge in [0.1, 0.15) is 11.5 Å². The zero-order valence-electron chi connectivity index (χ0n) is 16.5. The molecule has 0 bridgehead atoms. The quantitative estimate of drug-likeness (QED) is 0.725. The van der Waals surface area contributed by atoms with Gasteiger partial charge in [-0.1, -0.05) is 12.1 Å². The maximum atomic E-state index is 14.1. The van der Waals surface area contributed by atoms with Crippen molar-refractivity contribution >= 4 is 11.8 Å². The van der Waals surface area contributed by atoms with Crippen LogP contribution >= 0.6 is 0 Å². The molecule has 2 aliphatic rings. The van der Waals surface area contributed by atoms with Crippen molar-refractivity contribution in [2.24, 2.45) is 0 Å². The molecule has 4 rings (SSSR count). The van der Waals surface area contributed by atoms with Crippen LogP contribution in [0.15, 0.2) is 30.5 Å². The summed E-state index contributed by atoms with van der Waals surface area (Å²) >= 11 is 0. The van der Waals surface area contributed by atoms with Gasteiger partial charge in [0, 0.05) is 32.2 Å². The fourth-order valence-corrected chi connectivity index (χ4v) is 3.57. The van der Waals surface area contributed by atoms with Gasteiger partial charge in [-0.3, -0.25) is 14.5 Å². The minimum absolute atomic E-state index is 0.0900. The summed E-state index contributed by atoms with van der Waals surface area (Å²) < 4.78 is 55.9. The van der Waals surface area contributed by atoms with Crippen molar-refractivity contribution in [3.8, 4) is 5.69 Å². The highest BCUT2D eigenvalue weighted by atomic mass is 19.4. The lowest BCUT2D eigenvalue weighted by molar-refractivity contribution is -0.143. The number of hydrogen-bond donors (Lipinski definition) is 1. The number of hydrogen-bond acceptors (Lipinski definition) is 4. The Balaban J connectivity index is 1.49. The Kier molecular flexibility index (Phi) is 5.69. The summed E-state index contributed by atoms with van der Waals surface area (Å²) in [5, 5.41) is 6.54. The normalized spacial score (nSPS) is 17.6. The van der Waals surface area contributed by atoms with Crippen molar-refractivity contribution in [2.75, 3.05) is 32.7 Å². The highest BCUT2D eigenvalue weighted by Crippen LogP contribution is 2.34. The van der Waals surface area contributed by atoms with Gasteiger partial charge in [-0.25, -0.2) is 9.07 Å².